The van der Waals surface area contributed by atoms with Gasteiger partial charge in [-0.05, 0) is 36.4 Å². The highest BCUT2D eigenvalue weighted by Crippen LogP contribution is 2.16. The van der Waals surface area contributed by atoms with Crippen LogP contribution in [0.15, 0.2) is 88.8 Å². The first-order chi connectivity index (χ1) is 14.7. The molecule has 0 atom stereocenters. The number of hydrogen-bond acceptors (Lipinski definition) is 6. The second-order valence-corrected chi connectivity index (χ2v) is 6.43. The molecule has 0 bridgehead atoms. The molecule has 0 fully saturated rings. The number of nitrogens with zero attached hydrogens (tertiary/aromatic N) is 2. The maximum atomic E-state index is 13.2. The molecule has 2 N–H and O–H groups in total. The van der Waals surface area contributed by atoms with E-state index in [2.05, 4.69) is 20.5 Å². The second-order valence-electron chi connectivity index (χ2n) is 6.43. The zero-order valence-corrected chi connectivity index (χ0v) is 16.1. The van der Waals surface area contributed by atoms with Gasteiger partial charge in [0.2, 0.25) is 5.78 Å². The zero-order valence-electron chi connectivity index (χ0n) is 16.1. The summed E-state index contributed by atoms with van der Waals surface area (Å²) in [4.78, 5) is 33.1. The summed E-state index contributed by atoms with van der Waals surface area (Å²) in [5.41, 5.74) is 4.40. The minimum absolute atomic E-state index is 0.0523. The first-order valence-electron chi connectivity index (χ1n) is 9.22. The van der Waals surface area contributed by atoms with Gasteiger partial charge in [0, 0.05) is 5.56 Å². The van der Waals surface area contributed by atoms with E-state index in [4.69, 9.17) is 4.74 Å². The molecular weight excluding hydrogens is 380 g/mol. The van der Waals surface area contributed by atoms with Crippen LogP contribution in [-0.2, 0) is 0 Å². The van der Waals surface area contributed by atoms with Crippen molar-refractivity contribution in [3.63, 3.8) is 0 Å². The minimum atomic E-state index is -0.492. The highest BCUT2D eigenvalue weighted by Gasteiger charge is 2.21. The van der Waals surface area contributed by atoms with Gasteiger partial charge in [-0.3, -0.25) is 15.0 Å². The summed E-state index contributed by atoms with van der Waals surface area (Å²) in [5.74, 6) is 0.280. The van der Waals surface area contributed by atoms with Gasteiger partial charge < -0.3 is 9.72 Å². The first-order valence-corrected chi connectivity index (χ1v) is 9.22. The van der Waals surface area contributed by atoms with E-state index in [0.717, 1.165) is 0 Å². The Morgan fingerprint density at radius 3 is 2.40 bits per heavy atom. The Bertz CT molecular complexity index is 1280. The molecule has 4 aromatic rings. The van der Waals surface area contributed by atoms with Gasteiger partial charge in [0.25, 0.3) is 5.56 Å². The zero-order chi connectivity index (χ0) is 20.9. The Morgan fingerprint density at radius 1 is 0.967 bits per heavy atom. The molecule has 148 valence electrons. The molecule has 7 heteroatoms. The number of H-pyrrole nitrogens is 1. The van der Waals surface area contributed by atoms with E-state index < -0.39 is 11.3 Å². The van der Waals surface area contributed by atoms with Crippen LogP contribution >= 0.6 is 0 Å². The summed E-state index contributed by atoms with van der Waals surface area (Å²) in [5, 5.41) is 4.26. The van der Waals surface area contributed by atoms with Crippen molar-refractivity contribution in [1.82, 2.24) is 9.97 Å². The lowest BCUT2D eigenvalue weighted by Crippen LogP contribution is -2.27. The number of methoxy groups -OCH3 is 1. The fourth-order valence-corrected chi connectivity index (χ4v) is 2.91. The van der Waals surface area contributed by atoms with E-state index in [1.807, 2.05) is 12.1 Å². The molecule has 0 aliphatic carbocycles. The molecule has 7 nitrogen and oxygen atoms in total. The van der Waals surface area contributed by atoms with Crippen molar-refractivity contribution in [3.05, 3.63) is 100 Å². The van der Waals surface area contributed by atoms with Crippen LogP contribution in [0.2, 0.25) is 0 Å². The quantitative estimate of drug-likeness (QED) is 0.294. The van der Waals surface area contributed by atoms with E-state index in [1.54, 1.807) is 73.8 Å². The molecule has 0 spiro atoms. The van der Waals surface area contributed by atoms with Gasteiger partial charge in [-0.2, -0.15) is 5.10 Å². The Balaban J connectivity index is 1.80. The Labute approximate surface area is 172 Å². The third-order valence-electron chi connectivity index (χ3n) is 4.46. The fourth-order valence-electron chi connectivity index (χ4n) is 2.91. The summed E-state index contributed by atoms with van der Waals surface area (Å²) >= 11 is 0. The normalized spacial score (nSPS) is 11.3. The fraction of sp³-hybridized carbons (Fsp3) is 0.0435. The Hall–Kier alpha value is -4.26. The molecule has 0 aliphatic heterocycles. The number of benzene rings is 3. The van der Waals surface area contributed by atoms with Gasteiger partial charge in [-0.25, -0.2) is 4.98 Å². The van der Waals surface area contributed by atoms with Crippen molar-refractivity contribution in [1.29, 1.82) is 0 Å². The van der Waals surface area contributed by atoms with Crippen LogP contribution in [0.4, 0.5) is 5.69 Å². The molecule has 0 amide bonds. The lowest BCUT2D eigenvalue weighted by atomic mass is 10.0. The molecule has 0 unspecified atom stereocenters. The van der Waals surface area contributed by atoms with Crippen LogP contribution < -0.4 is 15.7 Å². The van der Waals surface area contributed by atoms with E-state index in [0.29, 0.717) is 28.0 Å². The number of ether oxygens (including phenoxy) is 1. The average molecular weight is 398 g/mol. The van der Waals surface area contributed by atoms with Gasteiger partial charge >= 0.3 is 0 Å². The minimum Gasteiger partial charge on any atom is -0.497 e. The number of carbonyl (C=O) groups is 1. The van der Waals surface area contributed by atoms with Gasteiger partial charge in [0.05, 0.1) is 23.8 Å². The van der Waals surface area contributed by atoms with Crippen LogP contribution in [0.1, 0.15) is 16.1 Å². The largest absolute Gasteiger partial charge is 0.497 e. The molecule has 0 aliphatic rings. The van der Waals surface area contributed by atoms with Crippen molar-refractivity contribution >= 4 is 28.2 Å². The third-order valence-corrected chi connectivity index (χ3v) is 4.46. The summed E-state index contributed by atoms with van der Waals surface area (Å²) < 4.78 is 5.14. The predicted molar refractivity (Wildman–Crippen MR) is 116 cm³/mol. The number of hydrazone groups is 1. The summed E-state index contributed by atoms with van der Waals surface area (Å²) in [6, 6.07) is 22.8. The molecule has 0 saturated heterocycles. The molecule has 0 saturated carbocycles. The lowest BCUT2D eigenvalue weighted by molar-refractivity contribution is 0.106. The Kier molecular flexibility index (Phi) is 5.34. The number of ketones is 1. The summed E-state index contributed by atoms with van der Waals surface area (Å²) in [7, 11) is 1.58. The van der Waals surface area contributed by atoms with Gasteiger partial charge in [0.15, 0.2) is 11.4 Å². The number of anilines is 1. The van der Waals surface area contributed by atoms with Crippen LogP contribution in [0.25, 0.3) is 11.0 Å². The maximum absolute atomic E-state index is 13.2. The second kappa shape index (κ2) is 8.40. The highest BCUT2D eigenvalue weighted by molar-refractivity contribution is 6.51. The maximum Gasteiger partial charge on any atom is 0.276 e. The summed E-state index contributed by atoms with van der Waals surface area (Å²) in [6.07, 6.45) is 0. The van der Waals surface area contributed by atoms with Crippen molar-refractivity contribution < 1.29 is 9.53 Å². The van der Waals surface area contributed by atoms with Crippen LogP contribution in [0, 0.1) is 0 Å². The van der Waals surface area contributed by atoms with Crippen LogP contribution in [-0.4, -0.2) is 28.6 Å². The van der Waals surface area contributed by atoms with Crippen molar-refractivity contribution in [2.24, 2.45) is 5.10 Å². The van der Waals surface area contributed by atoms with Gasteiger partial charge in [0.1, 0.15) is 5.75 Å². The van der Waals surface area contributed by atoms with E-state index >= 15 is 0 Å². The first kappa shape index (κ1) is 19.1. The molecule has 0 radical (unpaired) electrons. The molecule has 3 aromatic carbocycles. The molecule has 1 aromatic heterocycles. The SMILES string of the molecule is COc1ccc(N/N=C(/C(=O)c2ccccc2)c2nc3ccccc3[nH]c2=O)cc1. The predicted octanol–water partition coefficient (Wildman–Crippen LogP) is 3.63. The Morgan fingerprint density at radius 2 is 1.67 bits per heavy atom. The van der Waals surface area contributed by atoms with Crippen LogP contribution in [0.5, 0.6) is 5.75 Å². The van der Waals surface area contributed by atoms with Crippen molar-refractivity contribution in [3.8, 4) is 5.75 Å². The molecule has 1 heterocycles. The third kappa shape index (κ3) is 3.95. The number of rotatable bonds is 6. The van der Waals surface area contributed by atoms with E-state index in [-0.39, 0.29) is 11.4 Å². The van der Waals surface area contributed by atoms with E-state index in [1.165, 1.54) is 0 Å². The standard InChI is InChI=1S/C23H18N4O3/c1-30-17-13-11-16(12-14-17)26-27-20(22(28)15-7-3-2-4-8-15)21-23(29)25-19-10-6-5-9-18(19)24-21/h2-14,26H,1H3,(H,25,29)/b27-20+. The van der Waals surface area contributed by atoms with Crippen molar-refractivity contribution in [2.45, 2.75) is 0 Å². The number of aromatic nitrogens is 2. The average Bonchev–Trinajstić information content (AvgIpc) is 2.80. The highest BCUT2D eigenvalue weighted by atomic mass is 16.5. The number of hydrogen-bond donors (Lipinski definition) is 2. The number of para-hydroxylation sites is 2. The van der Waals surface area contributed by atoms with Gasteiger partial charge in [-0.15, -0.1) is 0 Å². The lowest BCUT2D eigenvalue weighted by Gasteiger charge is -2.08. The molecule has 4 rings (SSSR count). The monoisotopic (exact) mass is 398 g/mol. The molecule has 30 heavy (non-hydrogen) atoms. The van der Waals surface area contributed by atoms with E-state index in [9.17, 15) is 9.59 Å². The number of nitrogens with one attached hydrogen (secondary N) is 2. The van der Waals surface area contributed by atoms with Gasteiger partial charge in [-0.1, -0.05) is 42.5 Å². The molecular formula is C23H18N4O3. The summed E-state index contributed by atoms with van der Waals surface area (Å²) in [6.45, 7) is 0. The van der Waals surface area contributed by atoms with Crippen molar-refractivity contribution in [2.75, 3.05) is 12.5 Å². The van der Waals surface area contributed by atoms with Crippen LogP contribution in [0.3, 0.4) is 0 Å². The number of carbonyl (C=O) groups excluding carboxylic acids is 1. The number of Topliss-reactive ketones (excluding diaryl/α,β-unsaturated/α-hetero) is 1. The smallest absolute Gasteiger partial charge is 0.276 e. The number of aromatic amines is 1. The topological polar surface area (TPSA) is 96.4 Å². The number of fused-ring (bicyclic) bond motifs is 1.